The van der Waals surface area contributed by atoms with Crippen LogP contribution >= 0.6 is 0 Å². The summed E-state index contributed by atoms with van der Waals surface area (Å²) in [5, 5.41) is 22.4. The van der Waals surface area contributed by atoms with Gasteiger partial charge in [-0.25, -0.2) is 8.78 Å². The van der Waals surface area contributed by atoms with Crippen LogP contribution in [-0.2, 0) is 0 Å². The minimum atomic E-state index is -1.21. The maximum Gasteiger partial charge on any atom is 0.131 e. The minimum absolute atomic E-state index is 0.104. The summed E-state index contributed by atoms with van der Waals surface area (Å²) in [6.45, 7) is 0.932. The lowest BCUT2D eigenvalue weighted by Gasteiger charge is -2.30. The molecule has 0 spiro atoms. The van der Waals surface area contributed by atoms with Gasteiger partial charge in [-0.2, -0.15) is 0 Å². The third-order valence-electron chi connectivity index (χ3n) is 4.38. The minimum Gasteiger partial charge on any atom is -0.396 e. The molecule has 3 N–H and O–H groups in total. The summed E-state index contributed by atoms with van der Waals surface area (Å²) in [7, 11) is 0. The first kappa shape index (κ1) is 16.3. The Bertz CT molecular complexity index is 436. The maximum atomic E-state index is 13.5. The summed E-state index contributed by atoms with van der Waals surface area (Å²) in [5.74, 6) is -0.805. The number of halogens is 2. The van der Waals surface area contributed by atoms with Crippen molar-refractivity contribution in [3.05, 3.63) is 35.4 Å². The fourth-order valence-electron chi connectivity index (χ4n) is 3.13. The molecular weight excluding hydrogens is 276 g/mol. The van der Waals surface area contributed by atoms with Crippen LogP contribution in [0.25, 0.3) is 0 Å². The Kier molecular flexibility index (Phi) is 6.08. The first-order valence-corrected chi connectivity index (χ1v) is 7.57. The zero-order chi connectivity index (χ0) is 15.2. The van der Waals surface area contributed by atoms with Gasteiger partial charge in [0.1, 0.15) is 11.6 Å². The number of aliphatic hydroxyl groups is 2. The van der Waals surface area contributed by atoms with E-state index in [0.717, 1.165) is 37.8 Å². The van der Waals surface area contributed by atoms with Crippen molar-refractivity contribution in [3.63, 3.8) is 0 Å². The fraction of sp³-hybridized carbons (Fsp3) is 0.625. The molecule has 0 radical (unpaired) electrons. The number of nitrogens with one attached hydrogen (secondary N) is 1. The normalized spacial score (nSPS) is 24.0. The molecule has 3 nitrogen and oxygen atoms in total. The van der Waals surface area contributed by atoms with E-state index in [2.05, 4.69) is 5.32 Å². The monoisotopic (exact) mass is 299 g/mol. The zero-order valence-electron chi connectivity index (χ0n) is 12.1. The Morgan fingerprint density at radius 2 is 1.76 bits per heavy atom. The van der Waals surface area contributed by atoms with Gasteiger partial charge in [0.05, 0.1) is 11.7 Å². The van der Waals surface area contributed by atoms with E-state index in [9.17, 15) is 19.0 Å². The van der Waals surface area contributed by atoms with Gasteiger partial charge in [0, 0.05) is 13.2 Å². The average molecular weight is 299 g/mol. The van der Waals surface area contributed by atoms with E-state index < -0.39 is 17.7 Å². The highest BCUT2D eigenvalue weighted by atomic mass is 19.1. The highest BCUT2D eigenvalue weighted by Gasteiger charge is 2.24. The van der Waals surface area contributed by atoms with E-state index in [0.29, 0.717) is 12.5 Å². The molecule has 5 heteroatoms. The highest BCUT2D eigenvalue weighted by molar-refractivity contribution is 5.22. The van der Waals surface area contributed by atoms with E-state index in [-0.39, 0.29) is 24.6 Å². The molecule has 3 atom stereocenters. The topological polar surface area (TPSA) is 52.5 Å². The molecule has 1 fully saturated rings. The van der Waals surface area contributed by atoms with Gasteiger partial charge in [0.2, 0.25) is 0 Å². The molecule has 1 aliphatic rings. The van der Waals surface area contributed by atoms with Gasteiger partial charge in [0.15, 0.2) is 0 Å². The van der Waals surface area contributed by atoms with Crippen molar-refractivity contribution >= 4 is 0 Å². The van der Waals surface area contributed by atoms with Crippen LogP contribution in [0.1, 0.15) is 37.4 Å². The molecule has 1 aliphatic carbocycles. The summed E-state index contributed by atoms with van der Waals surface area (Å²) in [6.07, 6.45) is 3.15. The predicted octanol–water partition coefficient (Wildman–Crippen LogP) is 2.39. The van der Waals surface area contributed by atoms with Crippen molar-refractivity contribution in [1.29, 1.82) is 0 Å². The molecule has 0 amide bonds. The predicted molar refractivity (Wildman–Crippen MR) is 76.7 cm³/mol. The van der Waals surface area contributed by atoms with Crippen LogP contribution in [0, 0.1) is 23.5 Å². The van der Waals surface area contributed by atoms with Crippen LogP contribution in [0.5, 0.6) is 0 Å². The van der Waals surface area contributed by atoms with Gasteiger partial charge in [-0.05, 0) is 43.4 Å². The number of hydrogen-bond acceptors (Lipinski definition) is 3. The van der Waals surface area contributed by atoms with Crippen molar-refractivity contribution in [2.45, 2.75) is 31.8 Å². The van der Waals surface area contributed by atoms with E-state index in [4.69, 9.17) is 0 Å². The average Bonchev–Trinajstić information content (AvgIpc) is 2.47. The Hall–Kier alpha value is -1.04. The summed E-state index contributed by atoms with van der Waals surface area (Å²) in [5.41, 5.74) is -0.285. The molecule has 2 rings (SSSR count). The number of hydrogen-bond donors (Lipinski definition) is 3. The largest absolute Gasteiger partial charge is 0.396 e. The fourth-order valence-corrected chi connectivity index (χ4v) is 3.13. The molecule has 21 heavy (non-hydrogen) atoms. The van der Waals surface area contributed by atoms with Gasteiger partial charge in [-0.1, -0.05) is 18.9 Å². The van der Waals surface area contributed by atoms with Crippen LogP contribution in [0.4, 0.5) is 8.78 Å². The van der Waals surface area contributed by atoms with Crippen molar-refractivity contribution in [3.8, 4) is 0 Å². The van der Waals surface area contributed by atoms with E-state index in [1.165, 1.54) is 6.07 Å². The summed E-state index contributed by atoms with van der Waals surface area (Å²) in [4.78, 5) is 0. The maximum absolute atomic E-state index is 13.5. The van der Waals surface area contributed by atoms with Crippen LogP contribution in [0.3, 0.4) is 0 Å². The molecular formula is C16H23F2NO2. The smallest absolute Gasteiger partial charge is 0.131 e. The summed E-state index contributed by atoms with van der Waals surface area (Å²) < 4.78 is 27.1. The van der Waals surface area contributed by atoms with E-state index in [1.807, 2.05) is 0 Å². The Morgan fingerprint density at radius 1 is 1.14 bits per heavy atom. The Balaban J connectivity index is 1.85. The van der Waals surface area contributed by atoms with Crippen molar-refractivity contribution in [2.24, 2.45) is 11.8 Å². The third kappa shape index (κ3) is 4.22. The lowest BCUT2D eigenvalue weighted by atomic mass is 9.79. The molecule has 0 aliphatic heterocycles. The van der Waals surface area contributed by atoms with Crippen LogP contribution in [0.15, 0.2) is 18.2 Å². The van der Waals surface area contributed by atoms with Crippen LogP contribution in [0.2, 0.25) is 0 Å². The Labute approximate surface area is 124 Å². The van der Waals surface area contributed by atoms with Gasteiger partial charge in [0.25, 0.3) is 0 Å². The second kappa shape index (κ2) is 7.82. The van der Waals surface area contributed by atoms with E-state index in [1.54, 1.807) is 0 Å². The standard InChI is InChI=1S/C16H23F2NO2/c17-13-6-3-7-14(18)16(13)15(21)9-19-8-11-4-1-2-5-12(11)10-20/h3,6-7,11-12,15,19-21H,1-2,4-5,8-10H2. The molecule has 0 heterocycles. The molecule has 0 saturated heterocycles. The molecule has 1 aromatic carbocycles. The first-order valence-electron chi connectivity index (χ1n) is 7.57. The molecule has 3 unspecified atom stereocenters. The SMILES string of the molecule is OCC1CCCCC1CNCC(O)c1c(F)cccc1F. The second-order valence-electron chi connectivity index (χ2n) is 5.80. The van der Waals surface area contributed by atoms with Gasteiger partial charge >= 0.3 is 0 Å². The zero-order valence-corrected chi connectivity index (χ0v) is 12.1. The second-order valence-corrected chi connectivity index (χ2v) is 5.80. The number of benzene rings is 1. The lowest BCUT2D eigenvalue weighted by molar-refractivity contribution is 0.124. The summed E-state index contributed by atoms with van der Waals surface area (Å²) >= 11 is 0. The lowest BCUT2D eigenvalue weighted by Crippen LogP contribution is -2.34. The molecule has 0 aromatic heterocycles. The third-order valence-corrected chi connectivity index (χ3v) is 4.38. The molecule has 118 valence electrons. The van der Waals surface area contributed by atoms with Crippen molar-refractivity contribution in [2.75, 3.05) is 19.7 Å². The van der Waals surface area contributed by atoms with E-state index >= 15 is 0 Å². The van der Waals surface area contributed by atoms with Gasteiger partial charge < -0.3 is 15.5 Å². The molecule has 0 bridgehead atoms. The summed E-state index contributed by atoms with van der Waals surface area (Å²) in [6, 6.07) is 3.57. The van der Waals surface area contributed by atoms with Crippen molar-refractivity contribution in [1.82, 2.24) is 5.32 Å². The van der Waals surface area contributed by atoms with Gasteiger partial charge in [-0.3, -0.25) is 0 Å². The highest BCUT2D eigenvalue weighted by Crippen LogP contribution is 2.29. The van der Waals surface area contributed by atoms with Crippen molar-refractivity contribution < 1.29 is 19.0 Å². The number of rotatable bonds is 6. The number of aliphatic hydroxyl groups excluding tert-OH is 2. The van der Waals surface area contributed by atoms with Crippen LogP contribution in [-0.4, -0.2) is 29.9 Å². The molecule has 1 saturated carbocycles. The van der Waals surface area contributed by atoms with Gasteiger partial charge in [-0.15, -0.1) is 0 Å². The molecule has 1 aromatic rings. The van der Waals surface area contributed by atoms with Crippen LogP contribution < -0.4 is 5.32 Å². The first-order chi connectivity index (χ1) is 10.1. The quantitative estimate of drug-likeness (QED) is 0.756. The Morgan fingerprint density at radius 3 is 2.38 bits per heavy atom.